The van der Waals surface area contributed by atoms with Crippen LogP contribution in [0.2, 0.25) is 0 Å². The van der Waals surface area contributed by atoms with E-state index in [2.05, 4.69) is 10.2 Å². The molecule has 0 spiro atoms. The molecule has 1 N–H and O–H groups in total. The number of rotatable bonds is 3. The summed E-state index contributed by atoms with van der Waals surface area (Å²) in [6.07, 6.45) is 4.62. The second kappa shape index (κ2) is 6.34. The summed E-state index contributed by atoms with van der Waals surface area (Å²) in [7, 11) is 1.36. The third-order valence-corrected chi connectivity index (χ3v) is 4.72. The van der Waals surface area contributed by atoms with E-state index in [1.165, 1.54) is 26.4 Å². The van der Waals surface area contributed by atoms with E-state index < -0.39 is 6.04 Å². The molecule has 0 saturated carbocycles. The Morgan fingerprint density at radius 2 is 2.00 bits per heavy atom. The van der Waals surface area contributed by atoms with Crippen molar-refractivity contribution in [2.75, 3.05) is 20.2 Å². The van der Waals surface area contributed by atoms with Crippen LogP contribution in [0.25, 0.3) is 0 Å². The Morgan fingerprint density at radius 3 is 2.57 bits per heavy atom. The van der Waals surface area contributed by atoms with Gasteiger partial charge in [0, 0.05) is 12.6 Å². The number of nitrogens with zero attached hydrogens (tertiary/aromatic N) is 1. The number of esters is 1. The lowest BCUT2D eigenvalue weighted by Gasteiger charge is -2.30. The third kappa shape index (κ3) is 3.76. The van der Waals surface area contributed by atoms with Crippen LogP contribution in [0.5, 0.6) is 0 Å². The highest BCUT2D eigenvalue weighted by atomic mass is 16.5. The van der Waals surface area contributed by atoms with Gasteiger partial charge in [0.05, 0.1) is 13.0 Å². The Bertz CT molecular complexity index is 389. The van der Waals surface area contributed by atoms with Crippen molar-refractivity contribution in [1.82, 2.24) is 10.2 Å². The minimum atomic E-state index is -0.590. The van der Waals surface area contributed by atoms with Crippen LogP contribution in [0.15, 0.2) is 0 Å². The van der Waals surface area contributed by atoms with Crippen molar-refractivity contribution in [1.29, 1.82) is 0 Å². The first-order valence-electron chi connectivity index (χ1n) is 7.95. The summed E-state index contributed by atoms with van der Waals surface area (Å²) in [6, 6.07) is -0.0339. The molecule has 1 amide bonds. The zero-order valence-corrected chi connectivity index (χ0v) is 13.6. The molecule has 21 heavy (non-hydrogen) atoms. The molecule has 0 aromatic rings. The lowest BCUT2D eigenvalue weighted by Crippen LogP contribution is -2.51. The standard InChI is InChI=1S/C16H28N2O3/c1-16(2,3)13(15(20)21-4)17-14(19)11-9-12-7-5-6-8-18(12)10-11/h11-13H,5-10H2,1-4H3,(H,17,19)/t11-,12+,13+/m0/s1. The number of piperidine rings is 1. The molecular weight excluding hydrogens is 268 g/mol. The normalized spacial score (nSPS) is 27.8. The van der Waals surface area contributed by atoms with Crippen molar-refractivity contribution in [2.24, 2.45) is 11.3 Å². The summed E-state index contributed by atoms with van der Waals surface area (Å²) in [4.78, 5) is 26.9. The Balaban J connectivity index is 1.98. The van der Waals surface area contributed by atoms with E-state index in [1.54, 1.807) is 0 Å². The first kappa shape index (κ1) is 16.3. The van der Waals surface area contributed by atoms with Gasteiger partial charge in [0.1, 0.15) is 6.04 Å². The van der Waals surface area contributed by atoms with E-state index >= 15 is 0 Å². The Labute approximate surface area is 127 Å². The second-order valence-electron chi connectivity index (χ2n) is 7.41. The zero-order valence-electron chi connectivity index (χ0n) is 13.6. The molecule has 0 radical (unpaired) electrons. The fourth-order valence-corrected chi connectivity index (χ4v) is 3.45. The first-order chi connectivity index (χ1) is 9.82. The number of fused-ring (bicyclic) bond motifs is 1. The number of carbonyl (C=O) groups excluding carboxylic acids is 2. The molecular formula is C16H28N2O3. The SMILES string of the molecule is COC(=O)[C@@H](NC(=O)[C@H]1C[C@H]2CCCCN2C1)C(C)(C)C. The van der Waals surface area contributed by atoms with Crippen molar-refractivity contribution < 1.29 is 14.3 Å². The molecule has 2 rings (SSSR count). The van der Waals surface area contributed by atoms with Gasteiger partial charge in [-0.2, -0.15) is 0 Å². The van der Waals surface area contributed by atoms with Crippen LogP contribution in [0.3, 0.4) is 0 Å². The molecule has 0 aliphatic carbocycles. The summed E-state index contributed by atoms with van der Waals surface area (Å²) in [5.74, 6) is -0.371. The fraction of sp³-hybridized carbons (Fsp3) is 0.875. The predicted molar refractivity (Wildman–Crippen MR) is 80.7 cm³/mol. The molecule has 120 valence electrons. The van der Waals surface area contributed by atoms with Gasteiger partial charge in [0.25, 0.3) is 0 Å². The Hall–Kier alpha value is -1.10. The maximum absolute atomic E-state index is 12.5. The predicted octanol–water partition coefficient (Wildman–Crippen LogP) is 1.56. The first-order valence-corrected chi connectivity index (χ1v) is 7.95. The maximum Gasteiger partial charge on any atom is 0.328 e. The van der Waals surface area contributed by atoms with Gasteiger partial charge in [0.2, 0.25) is 5.91 Å². The van der Waals surface area contributed by atoms with Gasteiger partial charge in [-0.05, 0) is 31.2 Å². The average Bonchev–Trinajstić information content (AvgIpc) is 2.86. The van der Waals surface area contributed by atoms with Crippen LogP contribution in [0.4, 0.5) is 0 Å². The Morgan fingerprint density at radius 1 is 1.29 bits per heavy atom. The van der Waals surface area contributed by atoms with E-state index in [-0.39, 0.29) is 23.2 Å². The van der Waals surface area contributed by atoms with E-state index in [0.717, 1.165) is 19.5 Å². The van der Waals surface area contributed by atoms with E-state index in [4.69, 9.17) is 4.74 Å². The summed E-state index contributed by atoms with van der Waals surface area (Å²) in [5, 5.41) is 2.92. The van der Waals surface area contributed by atoms with E-state index in [1.807, 2.05) is 20.8 Å². The molecule has 2 aliphatic rings. The highest BCUT2D eigenvalue weighted by Gasteiger charge is 2.40. The summed E-state index contributed by atoms with van der Waals surface area (Å²) in [5.41, 5.74) is -0.353. The van der Waals surface area contributed by atoms with E-state index in [9.17, 15) is 9.59 Å². The van der Waals surface area contributed by atoms with Gasteiger partial charge in [-0.15, -0.1) is 0 Å². The molecule has 0 unspecified atom stereocenters. The van der Waals surface area contributed by atoms with Crippen LogP contribution in [0.1, 0.15) is 46.5 Å². The van der Waals surface area contributed by atoms with Gasteiger partial charge in [-0.3, -0.25) is 9.69 Å². The molecule has 2 fully saturated rings. The van der Waals surface area contributed by atoms with Crippen LogP contribution in [-0.2, 0) is 14.3 Å². The quantitative estimate of drug-likeness (QED) is 0.803. The summed E-state index contributed by atoms with van der Waals surface area (Å²) >= 11 is 0. The van der Waals surface area contributed by atoms with Crippen molar-refractivity contribution >= 4 is 11.9 Å². The molecule has 2 heterocycles. The van der Waals surface area contributed by atoms with Gasteiger partial charge in [0.15, 0.2) is 0 Å². The smallest absolute Gasteiger partial charge is 0.328 e. The number of nitrogens with one attached hydrogen (secondary N) is 1. The third-order valence-electron chi connectivity index (χ3n) is 4.72. The maximum atomic E-state index is 12.5. The topological polar surface area (TPSA) is 58.6 Å². The molecule has 0 aromatic carbocycles. The molecule has 5 nitrogen and oxygen atoms in total. The second-order valence-corrected chi connectivity index (χ2v) is 7.41. The van der Waals surface area contributed by atoms with Gasteiger partial charge in [-0.1, -0.05) is 27.2 Å². The van der Waals surface area contributed by atoms with E-state index in [0.29, 0.717) is 6.04 Å². The molecule has 2 aliphatic heterocycles. The average molecular weight is 296 g/mol. The highest BCUT2D eigenvalue weighted by Crippen LogP contribution is 2.31. The summed E-state index contributed by atoms with van der Waals surface area (Å²) in [6.45, 7) is 7.75. The van der Waals surface area contributed by atoms with Crippen LogP contribution >= 0.6 is 0 Å². The monoisotopic (exact) mass is 296 g/mol. The fourth-order valence-electron chi connectivity index (χ4n) is 3.45. The van der Waals surface area contributed by atoms with Crippen LogP contribution in [0, 0.1) is 11.3 Å². The molecule has 2 saturated heterocycles. The number of ether oxygens (including phenoxy) is 1. The lowest BCUT2D eigenvalue weighted by molar-refractivity contribution is -0.148. The number of hydrogen-bond acceptors (Lipinski definition) is 4. The van der Waals surface area contributed by atoms with Gasteiger partial charge < -0.3 is 10.1 Å². The van der Waals surface area contributed by atoms with Crippen molar-refractivity contribution in [2.45, 2.75) is 58.5 Å². The molecule has 0 aromatic heterocycles. The van der Waals surface area contributed by atoms with Gasteiger partial charge >= 0.3 is 5.97 Å². The van der Waals surface area contributed by atoms with Crippen LogP contribution < -0.4 is 5.32 Å². The number of hydrogen-bond donors (Lipinski definition) is 1. The van der Waals surface area contributed by atoms with Crippen molar-refractivity contribution in [3.63, 3.8) is 0 Å². The number of amides is 1. The minimum Gasteiger partial charge on any atom is -0.467 e. The number of carbonyl (C=O) groups is 2. The summed E-state index contributed by atoms with van der Waals surface area (Å²) < 4.78 is 4.83. The molecule has 5 heteroatoms. The highest BCUT2D eigenvalue weighted by molar-refractivity contribution is 5.86. The van der Waals surface area contributed by atoms with Crippen LogP contribution in [-0.4, -0.2) is 49.1 Å². The van der Waals surface area contributed by atoms with Crippen molar-refractivity contribution in [3.8, 4) is 0 Å². The van der Waals surface area contributed by atoms with Crippen molar-refractivity contribution in [3.05, 3.63) is 0 Å². The minimum absolute atomic E-state index is 0.00241. The zero-order chi connectivity index (χ0) is 15.6. The van der Waals surface area contributed by atoms with Gasteiger partial charge in [-0.25, -0.2) is 4.79 Å². The molecule has 3 atom stereocenters. The number of methoxy groups -OCH3 is 1. The Kier molecular flexibility index (Phi) is 4.91. The molecule has 0 bridgehead atoms. The largest absolute Gasteiger partial charge is 0.467 e. The lowest BCUT2D eigenvalue weighted by atomic mass is 9.86.